The van der Waals surface area contributed by atoms with Crippen LogP contribution in [0.1, 0.15) is 5.56 Å². The fourth-order valence-corrected chi connectivity index (χ4v) is 4.17. The average molecular weight is 429 g/mol. The molecule has 0 aliphatic heterocycles. The molecule has 0 saturated heterocycles. The van der Waals surface area contributed by atoms with Gasteiger partial charge in [0.15, 0.2) is 27.8 Å². The van der Waals surface area contributed by atoms with Gasteiger partial charge in [0.1, 0.15) is 0 Å². The second kappa shape index (κ2) is 9.49. The maximum absolute atomic E-state index is 12.7. The Morgan fingerprint density at radius 2 is 1.63 bits per heavy atom. The van der Waals surface area contributed by atoms with Gasteiger partial charge in [-0.15, -0.1) is 6.58 Å². The zero-order valence-corrected chi connectivity index (χ0v) is 18.2. The molecule has 0 N–H and O–H groups in total. The summed E-state index contributed by atoms with van der Waals surface area (Å²) >= 11 is 1.41. The highest BCUT2D eigenvalue weighted by Gasteiger charge is 2.13. The van der Waals surface area contributed by atoms with Crippen molar-refractivity contribution >= 4 is 27.5 Å². The standard InChI is InChI=1S/C22H24N2O5S/c1-6-9-24-15-12-18(28-4)19(29-5)13-20(15)30-22(24)23-21(25)11-14-7-8-16(26-2)17(10-14)27-3/h6-8,10,12-13H,1,9,11H2,2-5H3. The van der Waals surface area contributed by atoms with E-state index in [0.717, 1.165) is 15.8 Å². The summed E-state index contributed by atoms with van der Waals surface area (Å²) in [5, 5.41) is 0. The zero-order valence-electron chi connectivity index (χ0n) is 17.4. The summed E-state index contributed by atoms with van der Waals surface area (Å²) in [5.41, 5.74) is 1.69. The van der Waals surface area contributed by atoms with E-state index < -0.39 is 0 Å². The predicted molar refractivity (Wildman–Crippen MR) is 117 cm³/mol. The SMILES string of the molecule is C=CCn1c(=NC(=O)Cc2ccc(OC)c(OC)c2)sc2cc(OC)c(OC)cc21. The van der Waals surface area contributed by atoms with Gasteiger partial charge < -0.3 is 23.5 Å². The molecule has 1 heterocycles. The van der Waals surface area contributed by atoms with Gasteiger partial charge in [0, 0.05) is 18.7 Å². The minimum absolute atomic E-state index is 0.148. The molecule has 0 aliphatic rings. The molecule has 30 heavy (non-hydrogen) atoms. The number of allylic oxidation sites excluding steroid dienone is 1. The maximum atomic E-state index is 12.7. The van der Waals surface area contributed by atoms with Crippen molar-refractivity contribution in [2.24, 2.45) is 4.99 Å². The summed E-state index contributed by atoms with van der Waals surface area (Å²) in [7, 11) is 6.31. The number of ether oxygens (including phenoxy) is 4. The van der Waals surface area contributed by atoms with Crippen molar-refractivity contribution in [1.82, 2.24) is 4.57 Å². The lowest BCUT2D eigenvalue weighted by Crippen LogP contribution is -2.17. The summed E-state index contributed by atoms with van der Waals surface area (Å²) in [5.74, 6) is 2.17. The molecule has 0 aliphatic carbocycles. The van der Waals surface area contributed by atoms with E-state index in [-0.39, 0.29) is 12.3 Å². The van der Waals surface area contributed by atoms with Crippen molar-refractivity contribution in [1.29, 1.82) is 0 Å². The van der Waals surface area contributed by atoms with Crippen molar-refractivity contribution in [3.8, 4) is 23.0 Å². The first-order valence-electron chi connectivity index (χ1n) is 9.19. The molecule has 8 heteroatoms. The Kier molecular flexibility index (Phi) is 6.79. The molecule has 3 aromatic rings. The van der Waals surface area contributed by atoms with Crippen LogP contribution in [0.4, 0.5) is 0 Å². The molecule has 0 saturated carbocycles. The highest BCUT2D eigenvalue weighted by atomic mass is 32.1. The van der Waals surface area contributed by atoms with E-state index in [1.807, 2.05) is 22.8 Å². The molecule has 1 aromatic heterocycles. The Morgan fingerprint density at radius 3 is 2.27 bits per heavy atom. The van der Waals surface area contributed by atoms with Gasteiger partial charge in [-0.3, -0.25) is 4.79 Å². The number of methoxy groups -OCH3 is 4. The quantitative estimate of drug-likeness (QED) is 0.513. The van der Waals surface area contributed by atoms with Crippen molar-refractivity contribution in [3.05, 3.63) is 53.4 Å². The predicted octanol–water partition coefficient (Wildman–Crippen LogP) is 3.59. The Morgan fingerprint density at radius 1 is 1.00 bits per heavy atom. The molecule has 0 radical (unpaired) electrons. The minimum atomic E-state index is -0.259. The van der Waals surface area contributed by atoms with Crippen LogP contribution >= 0.6 is 11.3 Å². The second-order valence-electron chi connectivity index (χ2n) is 6.33. The number of rotatable bonds is 8. The number of benzene rings is 2. The second-order valence-corrected chi connectivity index (χ2v) is 7.34. The lowest BCUT2D eigenvalue weighted by atomic mass is 10.1. The number of carbonyl (C=O) groups excluding carboxylic acids is 1. The molecular formula is C22H24N2O5S. The fraction of sp³-hybridized carbons (Fsp3) is 0.273. The van der Waals surface area contributed by atoms with E-state index in [4.69, 9.17) is 18.9 Å². The van der Waals surface area contributed by atoms with E-state index in [1.165, 1.54) is 11.3 Å². The third-order valence-corrected chi connectivity index (χ3v) is 5.56. The monoisotopic (exact) mass is 428 g/mol. The van der Waals surface area contributed by atoms with Gasteiger partial charge in [0.25, 0.3) is 5.91 Å². The summed E-state index contributed by atoms with van der Waals surface area (Å²) in [6.45, 7) is 4.33. The van der Waals surface area contributed by atoms with Crippen molar-refractivity contribution in [2.75, 3.05) is 28.4 Å². The molecule has 0 bridgehead atoms. The molecule has 2 aromatic carbocycles. The smallest absolute Gasteiger partial charge is 0.252 e. The van der Waals surface area contributed by atoms with Gasteiger partial charge in [-0.25, -0.2) is 0 Å². The molecule has 0 spiro atoms. The van der Waals surface area contributed by atoms with E-state index in [2.05, 4.69) is 11.6 Å². The lowest BCUT2D eigenvalue weighted by molar-refractivity contribution is -0.117. The highest BCUT2D eigenvalue weighted by Crippen LogP contribution is 2.33. The van der Waals surface area contributed by atoms with Crippen LogP contribution in [-0.2, 0) is 17.8 Å². The molecule has 0 unspecified atom stereocenters. The lowest BCUT2D eigenvalue weighted by Gasteiger charge is -2.09. The normalized spacial score (nSPS) is 11.4. The van der Waals surface area contributed by atoms with Crippen LogP contribution < -0.4 is 23.7 Å². The van der Waals surface area contributed by atoms with Crippen molar-refractivity contribution in [3.63, 3.8) is 0 Å². The minimum Gasteiger partial charge on any atom is -0.493 e. The average Bonchev–Trinajstić information content (AvgIpc) is 3.08. The molecule has 158 valence electrons. The summed E-state index contributed by atoms with van der Waals surface area (Å²) in [6.07, 6.45) is 1.91. The van der Waals surface area contributed by atoms with Gasteiger partial charge >= 0.3 is 0 Å². The van der Waals surface area contributed by atoms with Crippen LogP contribution in [0.15, 0.2) is 48.0 Å². The Balaban J connectivity index is 2.01. The van der Waals surface area contributed by atoms with E-state index in [1.54, 1.807) is 46.6 Å². The zero-order chi connectivity index (χ0) is 21.7. The molecule has 0 atom stereocenters. The number of thiazole rings is 1. The maximum Gasteiger partial charge on any atom is 0.252 e. The van der Waals surface area contributed by atoms with Crippen molar-refractivity contribution in [2.45, 2.75) is 13.0 Å². The fourth-order valence-electron chi connectivity index (χ4n) is 3.10. The number of amides is 1. The Labute approximate surface area is 178 Å². The molecule has 3 rings (SSSR count). The third kappa shape index (κ3) is 4.33. The topological polar surface area (TPSA) is 71.3 Å². The van der Waals surface area contributed by atoms with Gasteiger partial charge in [-0.1, -0.05) is 23.5 Å². The van der Waals surface area contributed by atoms with Crippen LogP contribution in [0, 0.1) is 0 Å². The van der Waals surface area contributed by atoms with Crippen LogP contribution in [-0.4, -0.2) is 38.9 Å². The third-order valence-electron chi connectivity index (χ3n) is 4.52. The number of aromatic nitrogens is 1. The largest absolute Gasteiger partial charge is 0.493 e. The molecule has 0 fully saturated rings. The van der Waals surface area contributed by atoms with Crippen LogP contribution in [0.3, 0.4) is 0 Å². The number of fused-ring (bicyclic) bond motifs is 1. The Hall–Kier alpha value is -3.26. The summed E-state index contributed by atoms with van der Waals surface area (Å²) in [6, 6.07) is 9.15. The number of hydrogen-bond acceptors (Lipinski definition) is 6. The molecular weight excluding hydrogens is 404 g/mol. The van der Waals surface area contributed by atoms with Crippen LogP contribution in [0.2, 0.25) is 0 Å². The van der Waals surface area contributed by atoms with Crippen LogP contribution in [0.25, 0.3) is 10.2 Å². The van der Waals surface area contributed by atoms with Gasteiger partial charge in [-0.2, -0.15) is 4.99 Å². The number of hydrogen-bond donors (Lipinski definition) is 0. The molecule has 7 nitrogen and oxygen atoms in total. The summed E-state index contributed by atoms with van der Waals surface area (Å²) < 4.78 is 24.2. The number of nitrogens with zero attached hydrogens (tertiary/aromatic N) is 2. The first kappa shape index (κ1) is 21.4. The van der Waals surface area contributed by atoms with Gasteiger partial charge in [-0.05, 0) is 17.7 Å². The van der Waals surface area contributed by atoms with E-state index in [9.17, 15) is 4.79 Å². The van der Waals surface area contributed by atoms with E-state index in [0.29, 0.717) is 34.3 Å². The first-order chi connectivity index (χ1) is 14.5. The van der Waals surface area contributed by atoms with E-state index >= 15 is 0 Å². The van der Waals surface area contributed by atoms with Gasteiger partial charge in [0.2, 0.25) is 0 Å². The van der Waals surface area contributed by atoms with Gasteiger partial charge in [0.05, 0.1) is 45.1 Å². The van der Waals surface area contributed by atoms with Crippen molar-refractivity contribution < 1.29 is 23.7 Å². The summed E-state index contributed by atoms with van der Waals surface area (Å²) in [4.78, 5) is 17.6. The van der Waals surface area contributed by atoms with Crippen LogP contribution in [0.5, 0.6) is 23.0 Å². The first-order valence-corrected chi connectivity index (χ1v) is 10.0. The molecule has 1 amide bonds. The Bertz CT molecular complexity index is 1150. The number of carbonyl (C=O) groups is 1. The highest BCUT2D eigenvalue weighted by molar-refractivity contribution is 7.16.